The Kier molecular flexibility index (Phi) is 8.57. The van der Waals surface area contributed by atoms with E-state index < -0.39 is 30.8 Å². The molecule has 0 aliphatic carbocycles. The number of esters is 1. The van der Waals surface area contributed by atoms with Gasteiger partial charge in [-0.15, -0.1) is 0 Å². The minimum Gasteiger partial charge on any atom is -0.427 e. The largest absolute Gasteiger partial charge is 0.427 e. The molecule has 15 heteroatoms. The van der Waals surface area contributed by atoms with Crippen molar-refractivity contribution in [1.29, 1.82) is 0 Å². The average Bonchev–Trinajstić information content (AvgIpc) is 3.57. The number of fused-ring (bicyclic) bond motifs is 1. The third-order valence-corrected chi connectivity index (χ3v) is 5.93. The van der Waals surface area contributed by atoms with Crippen LogP contribution in [0.25, 0.3) is 5.52 Å². The number of carbonyl (C=O) groups excluding carboxylic acids is 4. The van der Waals surface area contributed by atoms with Gasteiger partial charge < -0.3 is 30.4 Å². The lowest BCUT2D eigenvalue weighted by molar-refractivity contribution is -0.152. The van der Waals surface area contributed by atoms with Gasteiger partial charge in [-0.1, -0.05) is 11.2 Å². The van der Waals surface area contributed by atoms with E-state index in [1.54, 1.807) is 32.9 Å². The summed E-state index contributed by atoms with van der Waals surface area (Å²) in [5.41, 5.74) is 7.62. The lowest BCUT2D eigenvalue weighted by Crippen LogP contribution is -2.33. The van der Waals surface area contributed by atoms with E-state index in [9.17, 15) is 19.2 Å². The number of amides is 3. The molecule has 0 spiro atoms. The molecule has 4 rings (SSSR count). The fourth-order valence-electron chi connectivity index (χ4n) is 3.88. The van der Waals surface area contributed by atoms with Crippen LogP contribution < -0.4 is 21.3 Å². The van der Waals surface area contributed by atoms with Crippen molar-refractivity contribution in [1.82, 2.24) is 25.1 Å². The highest BCUT2D eigenvalue weighted by atomic mass is 16.7. The van der Waals surface area contributed by atoms with Crippen LogP contribution in [-0.4, -0.2) is 63.0 Å². The quantitative estimate of drug-likeness (QED) is 0.199. The van der Waals surface area contributed by atoms with Gasteiger partial charge >= 0.3 is 12.1 Å². The van der Waals surface area contributed by atoms with Crippen molar-refractivity contribution in [3.63, 3.8) is 0 Å². The molecule has 0 bridgehead atoms. The number of benzene rings is 1. The molecule has 1 aromatic carbocycles. The summed E-state index contributed by atoms with van der Waals surface area (Å²) in [7, 11) is 0. The summed E-state index contributed by atoms with van der Waals surface area (Å²) in [6.07, 6.45) is 3.04. The normalized spacial score (nSPS) is 11.5. The first-order valence-electron chi connectivity index (χ1n) is 12.4. The topological polar surface area (TPSA) is 196 Å². The zero-order valence-electron chi connectivity index (χ0n) is 22.7. The third kappa shape index (κ3) is 6.14. The lowest BCUT2D eigenvalue weighted by Gasteiger charge is -2.24. The van der Waals surface area contributed by atoms with E-state index in [0.29, 0.717) is 28.8 Å². The molecule has 0 saturated carbocycles. The summed E-state index contributed by atoms with van der Waals surface area (Å²) in [6.45, 7) is 6.30. The van der Waals surface area contributed by atoms with Crippen molar-refractivity contribution in [3.8, 4) is 0 Å². The minimum atomic E-state index is -0.986. The Labute approximate surface area is 233 Å². The molecule has 3 heterocycles. The predicted octanol–water partition coefficient (Wildman–Crippen LogP) is 2.46. The summed E-state index contributed by atoms with van der Waals surface area (Å²) >= 11 is 0. The van der Waals surface area contributed by atoms with Gasteiger partial charge in [-0.2, -0.15) is 5.10 Å². The van der Waals surface area contributed by atoms with Gasteiger partial charge in [0.25, 0.3) is 11.8 Å². The van der Waals surface area contributed by atoms with Crippen LogP contribution in [0.2, 0.25) is 0 Å². The average molecular weight is 565 g/mol. The highest BCUT2D eigenvalue weighted by molar-refractivity contribution is 6.07. The van der Waals surface area contributed by atoms with E-state index in [1.165, 1.54) is 42.4 Å². The van der Waals surface area contributed by atoms with Crippen molar-refractivity contribution < 1.29 is 33.2 Å². The number of ether oxygens (including phenoxy) is 2. The molecule has 41 heavy (non-hydrogen) atoms. The van der Waals surface area contributed by atoms with Crippen LogP contribution in [0.1, 0.15) is 45.7 Å². The number of nitrogens with zero attached hydrogens (tertiary/aromatic N) is 5. The molecule has 4 N–H and O–H groups in total. The monoisotopic (exact) mass is 564 g/mol. The summed E-state index contributed by atoms with van der Waals surface area (Å²) in [6, 6.07) is 5.20. The van der Waals surface area contributed by atoms with E-state index in [0.717, 1.165) is 4.90 Å². The van der Waals surface area contributed by atoms with Gasteiger partial charge in [0.1, 0.15) is 24.1 Å². The van der Waals surface area contributed by atoms with E-state index in [-0.39, 0.29) is 28.8 Å². The van der Waals surface area contributed by atoms with Gasteiger partial charge in [0.2, 0.25) is 6.79 Å². The zero-order chi connectivity index (χ0) is 29.7. The standard InChI is InChI=1S/C26H28N8O7/c1-5-28-24(36)18-11-33-21(15(18)3)22(29-12-30-33)34(26(38)40-13-39-25(37)16(4)27)19-10-17(7-6-14(19)2)23(35)31-20-8-9-41-32-20/h6-12,16H,5,13,27H2,1-4H3,(H,28,36)(H,31,32,35). The molecule has 0 saturated heterocycles. The van der Waals surface area contributed by atoms with E-state index in [1.807, 2.05) is 0 Å². The molecule has 3 amide bonds. The minimum absolute atomic E-state index is 0.0497. The summed E-state index contributed by atoms with van der Waals surface area (Å²) < 4.78 is 16.4. The first-order valence-corrected chi connectivity index (χ1v) is 12.4. The van der Waals surface area contributed by atoms with Crippen molar-refractivity contribution >= 4 is 46.7 Å². The number of aromatic nitrogens is 4. The number of hydrogen-bond acceptors (Lipinski definition) is 11. The smallest absolute Gasteiger partial charge is 0.423 e. The summed E-state index contributed by atoms with van der Waals surface area (Å²) in [4.78, 5) is 56.5. The third-order valence-electron chi connectivity index (χ3n) is 5.93. The Balaban J connectivity index is 1.81. The molecule has 0 aliphatic rings. The van der Waals surface area contributed by atoms with E-state index in [4.69, 9.17) is 19.7 Å². The van der Waals surface area contributed by atoms with Gasteiger partial charge in [-0.3, -0.25) is 14.4 Å². The maximum absolute atomic E-state index is 13.6. The van der Waals surface area contributed by atoms with Crippen LogP contribution >= 0.6 is 0 Å². The fraction of sp³-hybridized carbons (Fsp3) is 0.269. The predicted molar refractivity (Wildman–Crippen MR) is 145 cm³/mol. The summed E-state index contributed by atoms with van der Waals surface area (Å²) in [5.74, 6) is -1.38. The molecule has 0 aliphatic heterocycles. The highest BCUT2D eigenvalue weighted by Crippen LogP contribution is 2.34. The van der Waals surface area contributed by atoms with Crippen LogP contribution in [0.5, 0.6) is 0 Å². The number of carbonyl (C=O) groups is 4. The molecule has 0 fully saturated rings. The molecule has 0 radical (unpaired) electrons. The molecular formula is C26H28N8O7. The van der Waals surface area contributed by atoms with Crippen LogP contribution in [-0.2, 0) is 14.3 Å². The zero-order valence-corrected chi connectivity index (χ0v) is 22.7. The maximum Gasteiger partial charge on any atom is 0.423 e. The van der Waals surface area contributed by atoms with Crippen LogP contribution in [0.4, 0.5) is 22.1 Å². The van der Waals surface area contributed by atoms with Gasteiger partial charge in [0.15, 0.2) is 11.6 Å². The molecule has 15 nitrogen and oxygen atoms in total. The van der Waals surface area contributed by atoms with Crippen LogP contribution in [0.15, 0.2) is 47.6 Å². The second kappa shape index (κ2) is 12.3. The SMILES string of the molecule is CCNC(=O)c1cn2ncnc(N(C(=O)OCOC(=O)C(C)N)c3cc(C(=O)Nc4ccon4)ccc3C)c2c1C. The number of nitrogens with one attached hydrogen (secondary N) is 2. The Bertz CT molecular complexity index is 1600. The van der Waals surface area contributed by atoms with Crippen LogP contribution in [0.3, 0.4) is 0 Å². The maximum atomic E-state index is 13.6. The number of hydrogen-bond donors (Lipinski definition) is 3. The second-order valence-electron chi connectivity index (χ2n) is 8.86. The Morgan fingerprint density at radius 1 is 1.15 bits per heavy atom. The first-order chi connectivity index (χ1) is 19.6. The first kappa shape index (κ1) is 28.7. The molecule has 1 atom stereocenters. The number of aryl methyl sites for hydroxylation is 2. The number of anilines is 3. The van der Waals surface area contributed by atoms with Gasteiger partial charge in [-0.25, -0.2) is 19.2 Å². The molecule has 4 aromatic rings. The molecular weight excluding hydrogens is 536 g/mol. The summed E-state index contributed by atoms with van der Waals surface area (Å²) in [5, 5.41) is 13.2. The Morgan fingerprint density at radius 2 is 1.93 bits per heavy atom. The fourth-order valence-corrected chi connectivity index (χ4v) is 3.88. The Morgan fingerprint density at radius 3 is 2.61 bits per heavy atom. The molecule has 214 valence electrons. The van der Waals surface area contributed by atoms with E-state index >= 15 is 0 Å². The molecule has 3 aromatic heterocycles. The van der Waals surface area contributed by atoms with E-state index in [2.05, 4.69) is 25.9 Å². The van der Waals surface area contributed by atoms with Gasteiger partial charge in [-0.05, 0) is 51.0 Å². The van der Waals surface area contributed by atoms with Crippen molar-refractivity contribution in [2.24, 2.45) is 5.73 Å². The van der Waals surface area contributed by atoms with Crippen molar-refractivity contribution in [2.45, 2.75) is 33.7 Å². The Hall–Kier alpha value is -5.31. The van der Waals surface area contributed by atoms with Gasteiger partial charge in [0, 0.05) is 24.4 Å². The highest BCUT2D eigenvalue weighted by Gasteiger charge is 2.29. The molecule has 1 unspecified atom stereocenters. The number of rotatable bonds is 9. The lowest BCUT2D eigenvalue weighted by atomic mass is 10.1. The van der Waals surface area contributed by atoms with Crippen molar-refractivity contribution in [3.05, 3.63) is 65.3 Å². The van der Waals surface area contributed by atoms with Crippen molar-refractivity contribution in [2.75, 3.05) is 23.6 Å². The van der Waals surface area contributed by atoms with Gasteiger partial charge in [0.05, 0.1) is 11.3 Å². The number of nitrogens with two attached hydrogens (primary N) is 1. The second-order valence-corrected chi connectivity index (χ2v) is 8.86. The van der Waals surface area contributed by atoms with Crippen LogP contribution in [0, 0.1) is 13.8 Å².